The molecule has 0 radical (unpaired) electrons. The first kappa shape index (κ1) is 14.0. The third-order valence-electron chi connectivity index (χ3n) is 2.96. The highest BCUT2D eigenvalue weighted by Gasteiger charge is 2.10. The van der Waals surface area contributed by atoms with Crippen LogP contribution < -0.4 is 4.90 Å². The van der Waals surface area contributed by atoms with Crippen molar-refractivity contribution in [3.63, 3.8) is 0 Å². The fraction of sp³-hybridized carbons (Fsp3) is 0.200. The molecule has 0 aliphatic rings. The molecule has 0 unspecified atom stereocenters. The summed E-state index contributed by atoms with van der Waals surface area (Å²) < 4.78 is 0. The van der Waals surface area contributed by atoms with Crippen LogP contribution in [0.5, 0.6) is 5.75 Å². The zero-order chi connectivity index (χ0) is 14.0. The molecule has 0 heterocycles. The van der Waals surface area contributed by atoms with Crippen molar-refractivity contribution in [1.29, 1.82) is 0 Å². The van der Waals surface area contributed by atoms with Crippen LogP contribution in [0.15, 0.2) is 36.4 Å². The van der Waals surface area contributed by atoms with Crippen molar-refractivity contribution in [1.82, 2.24) is 0 Å². The predicted molar refractivity (Wildman–Crippen MR) is 81.4 cm³/mol. The van der Waals surface area contributed by atoms with E-state index in [2.05, 4.69) is 6.07 Å². The van der Waals surface area contributed by atoms with Crippen LogP contribution in [0.25, 0.3) is 0 Å². The molecule has 0 spiro atoms. The third-order valence-corrected chi connectivity index (χ3v) is 3.46. The number of nitrogens with zero attached hydrogens (tertiary/aromatic N) is 1. The summed E-state index contributed by atoms with van der Waals surface area (Å²) in [5.74, 6) is 0.0885. The van der Waals surface area contributed by atoms with Gasteiger partial charge in [0.15, 0.2) is 0 Å². The summed E-state index contributed by atoms with van der Waals surface area (Å²) in [6.07, 6.45) is 0. The first-order valence-electron chi connectivity index (χ1n) is 5.92. The molecule has 2 aromatic rings. The van der Waals surface area contributed by atoms with Gasteiger partial charge in [-0.25, -0.2) is 0 Å². The first-order valence-corrected chi connectivity index (χ1v) is 6.67. The second-order valence-corrected chi connectivity index (χ2v) is 5.43. The van der Waals surface area contributed by atoms with Crippen molar-refractivity contribution in [2.45, 2.75) is 13.5 Å². The van der Waals surface area contributed by atoms with E-state index in [-0.39, 0.29) is 10.8 Å². The summed E-state index contributed by atoms with van der Waals surface area (Å²) in [4.78, 5) is 2.04. The van der Waals surface area contributed by atoms with Crippen LogP contribution in [0.4, 0.5) is 5.69 Å². The molecule has 0 aliphatic carbocycles. The average Bonchev–Trinajstić information content (AvgIpc) is 2.35. The fourth-order valence-corrected chi connectivity index (χ4v) is 2.49. The molecule has 0 aromatic heterocycles. The number of phenolic OH excluding ortho intramolecular Hbond substituents is 1. The number of halogens is 2. The molecule has 0 saturated heterocycles. The minimum Gasteiger partial charge on any atom is -0.506 e. The number of rotatable bonds is 3. The monoisotopic (exact) mass is 295 g/mol. The maximum atomic E-state index is 9.96. The molecule has 4 heteroatoms. The Bertz CT molecular complexity index is 599. The smallest absolute Gasteiger partial charge is 0.139 e. The number of aromatic hydroxyl groups is 1. The van der Waals surface area contributed by atoms with Gasteiger partial charge < -0.3 is 10.0 Å². The van der Waals surface area contributed by atoms with Crippen LogP contribution in [-0.4, -0.2) is 12.2 Å². The van der Waals surface area contributed by atoms with Gasteiger partial charge in [-0.3, -0.25) is 0 Å². The lowest BCUT2D eigenvalue weighted by Crippen LogP contribution is -2.16. The van der Waals surface area contributed by atoms with Gasteiger partial charge in [-0.1, -0.05) is 35.3 Å². The Hall–Kier alpha value is -1.38. The topological polar surface area (TPSA) is 23.5 Å². The highest BCUT2D eigenvalue weighted by atomic mass is 35.5. The highest BCUT2D eigenvalue weighted by molar-refractivity contribution is 6.35. The Balaban J connectivity index is 2.26. The van der Waals surface area contributed by atoms with Gasteiger partial charge in [0.1, 0.15) is 5.75 Å². The van der Waals surface area contributed by atoms with Crippen LogP contribution >= 0.6 is 23.2 Å². The summed E-state index contributed by atoms with van der Waals surface area (Å²) in [6.45, 7) is 2.58. The molecule has 0 bridgehead atoms. The normalized spacial score (nSPS) is 10.5. The van der Waals surface area contributed by atoms with E-state index in [1.54, 1.807) is 6.07 Å². The van der Waals surface area contributed by atoms with Crippen molar-refractivity contribution < 1.29 is 5.11 Å². The maximum absolute atomic E-state index is 9.96. The standard InChI is InChI=1S/C15H15Cl2NO/c1-10-4-3-5-13(6-10)18(2)9-11-7-12(16)8-14(17)15(11)19/h3-8,19H,9H2,1-2H3. The van der Waals surface area contributed by atoms with Gasteiger partial charge in [-0.2, -0.15) is 0 Å². The van der Waals surface area contributed by atoms with Crippen LogP contribution in [0.1, 0.15) is 11.1 Å². The molecule has 19 heavy (non-hydrogen) atoms. The van der Waals surface area contributed by atoms with Gasteiger partial charge in [-0.15, -0.1) is 0 Å². The van der Waals surface area contributed by atoms with Crippen molar-refractivity contribution in [3.05, 3.63) is 57.6 Å². The Morgan fingerprint density at radius 2 is 1.89 bits per heavy atom. The van der Waals surface area contributed by atoms with Gasteiger partial charge in [0.05, 0.1) is 5.02 Å². The molecule has 0 aliphatic heterocycles. The van der Waals surface area contributed by atoms with Crippen LogP contribution in [0.2, 0.25) is 10.0 Å². The highest BCUT2D eigenvalue weighted by Crippen LogP contribution is 2.32. The van der Waals surface area contributed by atoms with E-state index >= 15 is 0 Å². The van der Waals surface area contributed by atoms with E-state index in [4.69, 9.17) is 23.2 Å². The molecule has 2 aromatic carbocycles. The molecule has 0 fully saturated rings. The van der Waals surface area contributed by atoms with Crippen molar-refractivity contribution in [2.24, 2.45) is 0 Å². The summed E-state index contributed by atoms with van der Waals surface area (Å²) >= 11 is 11.9. The molecule has 2 rings (SSSR count). The van der Waals surface area contributed by atoms with E-state index < -0.39 is 0 Å². The zero-order valence-electron chi connectivity index (χ0n) is 10.8. The van der Waals surface area contributed by atoms with Crippen LogP contribution in [-0.2, 0) is 6.54 Å². The van der Waals surface area contributed by atoms with Gasteiger partial charge in [0.2, 0.25) is 0 Å². The summed E-state index contributed by atoms with van der Waals surface area (Å²) in [7, 11) is 1.96. The molecule has 0 amide bonds. The second kappa shape index (κ2) is 5.72. The van der Waals surface area contributed by atoms with Crippen molar-refractivity contribution >= 4 is 28.9 Å². The first-order chi connectivity index (χ1) is 8.97. The largest absolute Gasteiger partial charge is 0.506 e. The number of phenols is 1. The average molecular weight is 296 g/mol. The lowest BCUT2D eigenvalue weighted by atomic mass is 10.1. The van der Waals surface area contributed by atoms with Gasteiger partial charge >= 0.3 is 0 Å². The zero-order valence-corrected chi connectivity index (χ0v) is 12.3. The Labute approximate surface area is 123 Å². The van der Waals surface area contributed by atoms with Gasteiger partial charge in [0, 0.05) is 29.9 Å². The Morgan fingerprint density at radius 1 is 1.16 bits per heavy atom. The number of hydrogen-bond donors (Lipinski definition) is 1. The molecule has 0 saturated carbocycles. The summed E-state index contributed by atoms with van der Waals surface area (Å²) in [6, 6.07) is 11.4. The predicted octanol–water partition coefficient (Wildman–Crippen LogP) is 4.64. The molecule has 1 N–H and O–H groups in total. The quantitative estimate of drug-likeness (QED) is 0.891. The number of anilines is 1. The minimum atomic E-state index is 0.0885. The van der Waals surface area contributed by atoms with Crippen molar-refractivity contribution in [3.8, 4) is 5.75 Å². The molecule has 2 nitrogen and oxygen atoms in total. The van der Waals surface area contributed by atoms with Crippen LogP contribution in [0, 0.1) is 6.92 Å². The van der Waals surface area contributed by atoms with E-state index in [0.717, 1.165) is 5.69 Å². The second-order valence-electron chi connectivity index (χ2n) is 4.59. The lowest BCUT2D eigenvalue weighted by Gasteiger charge is -2.21. The lowest BCUT2D eigenvalue weighted by molar-refractivity contribution is 0.468. The molecule has 0 atom stereocenters. The number of benzene rings is 2. The summed E-state index contributed by atoms with van der Waals surface area (Å²) in [5, 5.41) is 10.8. The van der Waals surface area contributed by atoms with Crippen LogP contribution in [0.3, 0.4) is 0 Å². The molecular weight excluding hydrogens is 281 g/mol. The summed E-state index contributed by atoms with van der Waals surface area (Å²) in [5.41, 5.74) is 2.98. The Morgan fingerprint density at radius 3 is 2.58 bits per heavy atom. The minimum absolute atomic E-state index is 0.0885. The van der Waals surface area contributed by atoms with E-state index in [0.29, 0.717) is 17.1 Å². The van der Waals surface area contributed by atoms with E-state index in [1.165, 1.54) is 11.6 Å². The van der Waals surface area contributed by atoms with Gasteiger partial charge in [-0.05, 0) is 36.8 Å². The maximum Gasteiger partial charge on any atom is 0.139 e. The van der Waals surface area contributed by atoms with E-state index in [1.807, 2.05) is 37.1 Å². The van der Waals surface area contributed by atoms with E-state index in [9.17, 15) is 5.11 Å². The van der Waals surface area contributed by atoms with Crippen molar-refractivity contribution in [2.75, 3.05) is 11.9 Å². The molecular formula is C15H15Cl2NO. The number of aryl methyl sites for hydroxylation is 1. The SMILES string of the molecule is Cc1cccc(N(C)Cc2cc(Cl)cc(Cl)c2O)c1. The van der Waals surface area contributed by atoms with Gasteiger partial charge in [0.25, 0.3) is 0 Å². The number of hydrogen-bond acceptors (Lipinski definition) is 2. The Kier molecular flexibility index (Phi) is 4.23. The third kappa shape index (κ3) is 3.34. The fourth-order valence-electron chi connectivity index (χ4n) is 1.95. The molecule has 100 valence electrons.